The van der Waals surface area contributed by atoms with E-state index in [4.69, 9.17) is 5.73 Å². The van der Waals surface area contributed by atoms with Gasteiger partial charge >= 0.3 is 0 Å². The van der Waals surface area contributed by atoms with Crippen molar-refractivity contribution in [3.8, 4) is 0 Å². The molecule has 1 rings (SSSR count). The number of nitrogens with two attached hydrogens (primary N) is 1. The molecule has 1 unspecified atom stereocenters. The van der Waals surface area contributed by atoms with E-state index < -0.39 is 0 Å². The first-order valence-corrected chi connectivity index (χ1v) is 5.10. The third kappa shape index (κ3) is 3.32. The highest BCUT2D eigenvalue weighted by molar-refractivity contribution is 5.85. The highest BCUT2D eigenvalue weighted by atomic mass is 35.5. The van der Waals surface area contributed by atoms with E-state index in [0.717, 1.165) is 12.8 Å². The van der Waals surface area contributed by atoms with E-state index in [9.17, 15) is 0 Å². The van der Waals surface area contributed by atoms with Gasteiger partial charge in [-0.15, -0.1) is 12.4 Å². The lowest BCUT2D eigenvalue weighted by Gasteiger charge is -2.21. The van der Waals surface area contributed by atoms with Crippen LogP contribution in [0.15, 0.2) is 30.3 Å². The average Bonchev–Trinajstić information content (AvgIpc) is 2.21. The number of hydrogen-bond acceptors (Lipinski definition) is 1. The number of hydrogen-bond donors (Lipinski definition) is 1. The Morgan fingerprint density at radius 1 is 1.07 bits per heavy atom. The number of rotatable bonds is 4. The highest BCUT2D eigenvalue weighted by Gasteiger charge is 2.14. The molecule has 2 N–H and O–H groups in total. The van der Waals surface area contributed by atoms with Gasteiger partial charge in [0.15, 0.2) is 0 Å². The summed E-state index contributed by atoms with van der Waals surface area (Å²) in [5.41, 5.74) is 7.42. The minimum atomic E-state index is 0. The first kappa shape index (κ1) is 13.5. The molecule has 1 aromatic rings. The van der Waals surface area contributed by atoms with Crippen LogP contribution in [0.5, 0.6) is 0 Å². The molecule has 1 atom stereocenters. The van der Waals surface area contributed by atoms with Crippen molar-refractivity contribution in [2.75, 3.05) is 0 Å². The van der Waals surface area contributed by atoms with E-state index in [1.165, 1.54) is 5.56 Å². The molecule has 0 radical (unpaired) electrons. The van der Waals surface area contributed by atoms with Crippen LogP contribution in [-0.4, -0.2) is 0 Å². The molecule has 0 amide bonds. The van der Waals surface area contributed by atoms with Crippen LogP contribution in [0.25, 0.3) is 0 Å². The van der Waals surface area contributed by atoms with Crippen LogP contribution in [0, 0.1) is 5.92 Å². The van der Waals surface area contributed by atoms with Gasteiger partial charge in [0.1, 0.15) is 0 Å². The standard InChI is InChI=1S/C12H19N.ClH/c1-3-10(4-2)12(13)11-8-6-5-7-9-11;/h5-10,12H,3-4,13H2,1-2H3;1H. The van der Waals surface area contributed by atoms with Crippen LogP contribution in [0.1, 0.15) is 38.3 Å². The van der Waals surface area contributed by atoms with Crippen molar-refractivity contribution in [2.45, 2.75) is 32.7 Å². The molecule has 0 heterocycles. The molecule has 0 aliphatic rings. The lowest BCUT2D eigenvalue weighted by atomic mass is 9.90. The smallest absolute Gasteiger partial charge is 0.0323 e. The molecule has 0 spiro atoms. The molecule has 0 saturated heterocycles. The maximum atomic E-state index is 6.16. The summed E-state index contributed by atoms with van der Waals surface area (Å²) >= 11 is 0. The number of halogens is 1. The van der Waals surface area contributed by atoms with Crippen LogP contribution in [0.4, 0.5) is 0 Å². The Morgan fingerprint density at radius 3 is 2.00 bits per heavy atom. The van der Waals surface area contributed by atoms with Gasteiger partial charge in [0.2, 0.25) is 0 Å². The molecule has 80 valence electrons. The zero-order chi connectivity index (χ0) is 9.68. The fourth-order valence-corrected chi connectivity index (χ4v) is 1.74. The van der Waals surface area contributed by atoms with E-state index in [1.807, 2.05) is 6.07 Å². The van der Waals surface area contributed by atoms with Gasteiger partial charge in [0.05, 0.1) is 0 Å². The predicted octanol–water partition coefficient (Wildman–Crippen LogP) is 3.54. The molecule has 0 bridgehead atoms. The Morgan fingerprint density at radius 2 is 1.57 bits per heavy atom. The summed E-state index contributed by atoms with van der Waals surface area (Å²) in [6, 6.07) is 10.6. The van der Waals surface area contributed by atoms with E-state index in [2.05, 4.69) is 38.1 Å². The maximum absolute atomic E-state index is 6.16. The summed E-state index contributed by atoms with van der Waals surface area (Å²) in [7, 11) is 0. The first-order valence-electron chi connectivity index (χ1n) is 5.10. The molecule has 0 aliphatic carbocycles. The maximum Gasteiger partial charge on any atom is 0.0323 e. The normalized spacial score (nSPS) is 12.3. The minimum Gasteiger partial charge on any atom is -0.324 e. The van der Waals surface area contributed by atoms with Gasteiger partial charge in [-0.1, -0.05) is 57.0 Å². The highest BCUT2D eigenvalue weighted by Crippen LogP contribution is 2.24. The van der Waals surface area contributed by atoms with Gasteiger partial charge in [0.25, 0.3) is 0 Å². The summed E-state index contributed by atoms with van der Waals surface area (Å²) in [4.78, 5) is 0. The fraction of sp³-hybridized carbons (Fsp3) is 0.500. The Balaban J connectivity index is 0.00000169. The largest absolute Gasteiger partial charge is 0.324 e. The van der Waals surface area contributed by atoms with Gasteiger partial charge in [-0.2, -0.15) is 0 Å². The van der Waals surface area contributed by atoms with Gasteiger partial charge in [-0.25, -0.2) is 0 Å². The third-order valence-electron chi connectivity index (χ3n) is 2.74. The second kappa shape index (κ2) is 6.86. The second-order valence-corrected chi connectivity index (χ2v) is 3.51. The van der Waals surface area contributed by atoms with Crippen LogP contribution in [-0.2, 0) is 0 Å². The Labute approximate surface area is 93.1 Å². The van der Waals surface area contributed by atoms with Crippen LogP contribution in [0.3, 0.4) is 0 Å². The van der Waals surface area contributed by atoms with Crippen molar-refractivity contribution in [2.24, 2.45) is 11.7 Å². The number of benzene rings is 1. The van der Waals surface area contributed by atoms with Crippen molar-refractivity contribution in [3.05, 3.63) is 35.9 Å². The van der Waals surface area contributed by atoms with Crippen molar-refractivity contribution in [1.29, 1.82) is 0 Å². The second-order valence-electron chi connectivity index (χ2n) is 3.51. The van der Waals surface area contributed by atoms with E-state index in [1.54, 1.807) is 0 Å². The van der Waals surface area contributed by atoms with Crippen molar-refractivity contribution in [3.63, 3.8) is 0 Å². The van der Waals surface area contributed by atoms with Gasteiger partial charge in [-0.05, 0) is 11.5 Å². The topological polar surface area (TPSA) is 26.0 Å². The van der Waals surface area contributed by atoms with E-state index in [-0.39, 0.29) is 18.4 Å². The first-order chi connectivity index (χ1) is 6.29. The summed E-state index contributed by atoms with van der Waals surface area (Å²) in [6.07, 6.45) is 2.32. The fourth-order valence-electron chi connectivity index (χ4n) is 1.74. The minimum absolute atomic E-state index is 0. The molecule has 0 aromatic heterocycles. The van der Waals surface area contributed by atoms with Crippen molar-refractivity contribution in [1.82, 2.24) is 0 Å². The van der Waals surface area contributed by atoms with Gasteiger partial charge < -0.3 is 5.73 Å². The molecule has 1 nitrogen and oxygen atoms in total. The molecule has 14 heavy (non-hydrogen) atoms. The van der Waals surface area contributed by atoms with Crippen molar-refractivity contribution >= 4 is 12.4 Å². The van der Waals surface area contributed by atoms with Crippen LogP contribution >= 0.6 is 12.4 Å². The lowest BCUT2D eigenvalue weighted by molar-refractivity contribution is 0.405. The van der Waals surface area contributed by atoms with Crippen LogP contribution in [0.2, 0.25) is 0 Å². The Kier molecular flexibility index (Phi) is 6.60. The molecule has 1 aromatic carbocycles. The zero-order valence-corrected chi connectivity index (χ0v) is 9.76. The molecule has 0 saturated carbocycles. The third-order valence-corrected chi connectivity index (χ3v) is 2.74. The van der Waals surface area contributed by atoms with E-state index >= 15 is 0 Å². The van der Waals surface area contributed by atoms with Gasteiger partial charge in [0, 0.05) is 6.04 Å². The molecular formula is C12H20ClN. The molecular weight excluding hydrogens is 194 g/mol. The Hall–Kier alpha value is -0.530. The molecule has 0 aliphatic heterocycles. The SMILES string of the molecule is CCC(CC)C(N)c1ccccc1.Cl. The predicted molar refractivity (Wildman–Crippen MR) is 64.7 cm³/mol. The quantitative estimate of drug-likeness (QED) is 0.814. The van der Waals surface area contributed by atoms with Crippen molar-refractivity contribution < 1.29 is 0 Å². The van der Waals surface area contributed by atoms with Crippen LogP contribution < -0.4 is 5.73 Å². The van der Waals surface area contributed by atoms with E-state index in [0.29, 0.717) is 5.92 Å². The summed E-state index contributed by atoms with van der Waals surface area (Å²) in [5, 5.41) is 0. The summed E-state index contributed by atoms with van der Waals surface area (Å²) < 4.78 is 0. The monoisotopic (exact) mass is 213 g/mol. The molecule has 0 fully saturated rings. The average molecular weight is 214 g/mol. The summed E-state index contributed by atoms with van der Waals surface area (Å²) in [5.74, 6) is 0.613. The zero-order valence-electron chi connectivity index (χ0n) is 8.94. The Bertz CT molecular complexity index is 231. The van der Waals surface area contributed by atoms with Gasteiger partial charge in [-0.3, -0.25) is 0 Å². The summed E-state index contributed by atoms with van der Waals surface area (Å²) in [6.45, 7) is 4.41. The molecule has 2 heteroatoms. The lowest BCUT2D eigenvalue weighted by Crippen LogP contribution is -2.20.